The molecule has 0 unspecified atom stereocenters. The number of hydrogen-bond acceptors (Lipinski definition) is 2. The van der Waals surface area contributed by atoms with Gasteiger partial charge in [0.15, 0.2) is 5.11 Å². The minimum absolute atomic E-state index is 0.852. The zero-order valence-corrected chi connectivity index (χ0v) is 7.24. The monoisotopic (exact) mass is 159 g/mol. The van der Waals surface area contributed by atoms with Gasteiger partial charge in [-0.15, -0.1) is 0 Å². The lowest BCUT2D eigenvalue weighted by Crippen LogP contribution is -2.54. The first-order valence-corrected chi connectivity index (χ1v) is 3.86. The fourth-order valence-electron chi connectivity index (χ4n) is 0.940. The van der Waals surface area contributed by atoms with E-state index in [2.05, 4.69) is 17.1 Å². The van der Waals surface area contributed by atoms with Crippen LogP contribution in [0.25, 0.3) is 0 Å². The Balaban J connectivity index is 2.40. The lowest BCUT2D eigenvalue weighted by atomic mass is 10.5. The van der Waals surface area contributed by atoms with E-state index >= 15 is 0 Å². The fraction of sp³-hybridized carbons (Fsp3) is 0.833. The van der Waals surface area contributed by atoms with Gasteiger partial charge in [-0.05, 0) is 18.8 Å². The number of rotatable bonds is 1. The molecule has 0 amide bonds. The van der Waals surface area contributed by atoms with Crippen LogP contribution in [0, 0.1) is 0 Å². The molecule has 1 aliphatic heterocycles. The molecule has 1 aliphatic rings. The lowest BCUT2D eigenvalue weighted by Gasteiger charge is -2.34. The van der Waals surface area contributed by atoms with Gasteiger partial charge in [0, 0.05) is 7.05 Å². The van der Waals surface area contributed by atoms with Crippen molar-refractivity contribution < 1.29 is 0 Å². The van der Waals surface area contributed by atoms with Crippen molar-refractivity contribution in [1.82, 2.24) is 15.1 Å². The molecule has 0 spiro atoms. The molecule has 0 atom stereocenters. The van der Waals surface area contributed by atoms with E-state index < -0.39 is 0 Å². The first-order valence-electron chi connectivity index (χ1n) is 3.45. The predicted octanol–water partition coefficient (Wildman–Crippen LogP) is 0.0432. The minimum Gasteiger partial charge on any atom is -0.350 e. The summed E-state index contributed by atoms with van der Waals surface area (Å²) in [5.74, 6) is 0. The van der Waals surface area contributed by atoms with Gasteiger partial charge in [0.1, 0.15) is 0 Å². The minimum atomic E-state index is 0.852. The topological polar surface area (TPSA) is 18.5 Å². The Hall–Kier alpha value is -0.350. The van der Waals surface area contributed by atoms with Crippen LogP contribution in [0.4, 0.5) is 0 Å². The Morgan fingerprint density at radius 3 is 2.90 bits per heavy atom. The van der Waals surface area contributed by atoms with E-state index in [1.165, 1.54) is 0 Å². The molecule has 1 heterocycles. The van der Waals surface area contributed by atoms with Crippen LogP contribution in [0.15, 0.2) is 0 Å². The maximum atomic E-state index is 5.02. The van der Waals surface area contributed by atoms with E-state index in [0.717, 1.165) is 25.0 Å². The van der Waals surface area contributed by atoms with Crippen molar-refractivity contribution in [3.63, 3.8) is 0 Å². The van der Waals surface area contributed by atoms with Crippen LogP contribution >= 0.6 is 12.2 Å². The van der Waals surface area contributed by atoms with Gasteiger partial charge in [-0.1, -0.05) is 6.92 Å². The van der Waals surface area contributed by atoms with Gasteiger partial charge in [0.25, 0.3) is 0 Å². The van der Waals surface area contributed by atoms with E-state index in [9.17, 15) is 0 Å². The highest BCUT2D eigenvalue weighted by Gasteiger charge is 2.14. The van der Waals surface area contributed by atoms with Crippen molar-refractivity contribution in [1.29, 1.82) is 0 Å². The summed E-state index contributed by atoms with van der Waals surface area (Å²) in [6.45, 7) is 5.05. The molecule has 1 saturated heterocycles. The van der Waals surface area contributed by atoms with Crippen molar-refractivity contribution in [3.8, 4) is 0 Å². The molecule has 0 aromatic carbocycles. The molecular formula is C6H13N3S. The average Bonchev–Trinajstić information content (AvgIpc) is 1.95. The molecule has 0 radical (unpaired) electrons. The third kappa shape index (κ3) is 1.58. The maximum Gasteiger partial charge on any atom is 0.170 e. The highest BCUT2D eigenvalue weighted by Crippen LogP contribution is 1.96. The third-order valence-corrected chi connectivity index (χ3v) is 2.12. The Morgan fingerprint density at radius 1 is 1.70 bits per heavy atom. The highest BCUT2D eigenvalue weighted by molar-refractivity contribution is 7.80. The van der Waals surface area contributed by atoms with Crippen LogP contribution in [-0.2, 0) is 0 Å². The Kier molecular flexibility index (Phi) is 2.45. The van der Waals surface area contributed by atoms with Crippen LogP contribution in [0.3, 0.4) is 0 Å². The van der Waals surface area contributed by atoms with Crippen LogP contribution < -0.4 is 5.32 Å². The maximum absolute atomic E-state index is 5.02. The molecule has 1 rings (SSSR count). The summed E-state index contributed by atoms with van der Waals surface area (Å²) < 4.78 is 0. The largest absolute Gasteiger partial charge is 0.350 e. The summed E-state index contributed by atoms with van der Waals surface area (Å²) in [7, 11) is 2.00. The number of nitrogens with zero attached hydrogens (tertiary/aromatic N) is 2. The second kappa shape index (κ2) is 3.16. The molecule has 1 N–H and O–H groups in total. The van der Waals surface area contributed by atoms with Crippen LogP contribution in [0.1, 0.15) is 6.92 Å². The molecule has 10 heavy (non-hydrogen) atoms. The number of nitrogens with one attached hydrogen (secondary N) is 1. The molecule has 3 nitrogen and oxygen atoms in total. The quantitative estimate of drug-likeness (QED) is 0.544. The van der Waals surface area contributed by atoms with Crippen molar-refractivity contribution in [2.45, 2.75) is 6.92 Å². The van der Waals surface area contributed by atoms with Crippen molar-refractivity contribution in [3.05, 3.63) is 0 Å². The Labute approximate surface area is 67.0 Å². The summed E-state index contributed by atoms with van der Waals surface area (Å²) in [6.07, 6.45) is 0. The molecule has 0 saturated carbocycles. The average molecular weight is 159 g/mol. The molecule has 4 heteroatoms. The van der Waals surface area contributed by atoms with Crippen molar-refractivity contribution >= 4 is 17.3 Å². The van der Waals surface area contributed by atoms with Gasteiger partial charge in [-0.3, -0.25) is 4.90 Å². The summed E-state index contributed by atoms with van der Waals surface area (Å²) in [4.78, 5) is 4.30. The van der Waals surface area contributed by atoms with Gasteiger partial charge in [0.2, 0.25) is 0 Å². The molecule has 58 valence electrons. The van der Waals surface area contributed by atoms with Gasteiger partial charge in [-0.2, -0.15) is 0 Å². The second-order valence-electron chi connectivity index (χ2n) is 2.47. The van der Waals surface area contributed by atoms with Crippen molar-refractivity contribution in [2.24, 2.45) is 0 Å². The normalized spacial score (nSPS) is 21.0. The smallest absolute Gasteiger partial charge is 0.170 e. The summed E-state index contributed by atoms with van der Waals surface area (Å²) in [6, 6.07) is 0. The zero-order valence-electron chi connectivity index (χ0n) is 6.42. The first-order chi connectivity index (χ1) is 4.74. The molecule has 0 aromatic heterocycles. The molecule has 1 fully saturated rings. The number of hydrogen-bond donors (Lipinski definition) is 1. The second-order valence-corrected chi connectivity index (χ2v) is 2.85. The SMILES string of the molecule is CCN1CNC(=S)N(C)C1. The molecule has 0 bridgehead atoms. The van der Waals surface area contributed by atoms with Gasteiger partial charge in [-0.25, -0.2) is 0 Å². The van der Waals surface area contributed by atoms with Gasteiger partial charge < -0.3 is 10.2 Å². The fourth-order valence-corrected chi connectivity index (χ4v) is 1.06. The van der Waals surface area contributed by atoms with Crippen LogP contribution in [0.2, 0.25) is 0 Å². The Bertz CT molecular complexity index is 137. The predicted molar refractivity (Wildman–Crippen MR) is 45.6 cm³/mol. The van der Waals surface area contributed by atoms with E-state index in [1.807, 2.05) is 11.9 Å². The Morgan fingerprint density at radius 2 is 2.40 bits per heavy atom. The van der Waals surface area contributed by atoms with Gasteiger partial charge in [0.05, 0.1) is 13.3 Å². The van der Waals surface area contributed by atoms with E-state index in [4.69, 9.17) is 12.2 Å². The molecular weight excluding hydrogens is 146 g/mol. The third-order valence-electron chi connectivity index (χ3n) is 1.66. The molecule has 0 aromatic rings. The van der Waals surface area contributed by atoms with Crippen LogP contribution in [0.5, 0.6) is 0 Å². The van der Waals surface area contributed by atoms with Gasteiger partial charge >= 0.3 is 0 Å². The van der Waals surface area contributed by atoms with E-state index in [0.29, 0.717) is 0 Å². The standard InChI is InChI=1S/C6H13N3S/c1-3-9-4-7-6(10)8(2)5-9/h3-5H2,1-2H3,(H,7,10). The summed E-state index contributed by atoms with van der Waals surface area (Å²) >= 11 is 5.02. The van der Waals surface area contributed by atoms with E-state index in [1.54, 1.807) is 0 Å². The first kappa shape index (κ1) is 7.75. The summed E-state index contributed by atoms with van der Waals surface area (Å²) in [5, 5.41) is 3.97. The van der Waals surface area contributed by atoms with Crippen LogP contribution in [-0.4, -0.2) is 41.8 Å². The van der Waals surface area contributed by atoms with E-state index in [-0.39, 0.29) is 0 Å². The lowest BCUT2D eigenvalue weighted by molar-refractivity contribution is 0.179. The van der Waals surface area contributed by atoms with Crippen molar-refractivity contribution in [2.75, 3.05) is 26.9 Å². The zero-order chi connectivity index (χ0) is 7.56. The number of thiocarbonyl (C=S) groups is 1. The summed E-state index contributed by atoms with van der Waals surface area (Å²) in [5.41, 5.74) is 0. The molecule has 0 aliphatic carbocycles. The highest BCUT2D eigenvalue weighted by atomic mass is 32.1.